The molecule has 0 aliphatic rings. The lowest BCUT2D eigenvalue weighted by Gasteiger charge is -2.20. The summed E-state index contributed by atoms with van der Waals surface area (Å²) in [5.41, 5.74) is 1.10. The van der Waals surface area contributed by atoms with E-state index in [9.17, 15) is 4.39 Å². The van der Waals surface area contributed by atoms with Crippen LogP contribution in [0.2, 0.25) is 5.02 Å². The Morgan fingerprint density at radius 2 is 2.00 bits per heavy atom. The molecule has 0 spiro atoms. The Hall–Kier alpha value is -1.62. The van der Waals surface area contributed by atoms with Crippen LogP contribution in [0.5, 0.6) is 5.75 Å². The molecule has 1 heterocycles. The van der Waals surface area contributed by atoms with Gasteiger partial charge in [0, 0.05) is 11.8 Å². The van der Waals surface area contributed by atoms with Gasteiger partial charge in [0.1, 0.15) is 17.7 Å². The number of hydrogen-bond donors (Lipinski definition) is 1. The van der Waals surface area contributed by atoms with E-state index < -0.39 is 0 Å². The van der Waals surface area contributed by atoms with Crippen molar-refractivity contribution >= 4 is 33.0 Å². The van der Waals surface area contributed by atoms with Crippen LogP contribution in [0.25, 0.3) is 10.1 Å². The molecule has 0 saturated heterocycles. The van der Waals surface area contributed by atoms with Crippen molar-refractivity contribution < 1.29 is 9.13 Å². The smallest absolute Gasteiger partial charge is 0.138 e. The van der Waals surface area contributed by atoms with Crippen molar-refractivity contribution in [3.63, 3.8) is 0 Å². The number of nitrogens with one attached hydrogen (secondary N) is 1. The van der Waals surface area contributed by atoms with Crippen molar-refractivity contribution in [1.29, 1.82) is 0 Å². The molecule has 2 nitrogen and oxygen atoms in total. The summed E-state index contributed by atoms with van der Waals surface area (Å²) in [7, 11) is 1.91. The van der Waals surface area contributed by atoms with Gasteiger partial charge in [-0.2, -0.15) is 0 Å². The molecule has 0 amide bonds. The van der Waals surface area contributed by atoms with Crippen LogP contribution in [0.4, 0.5) is 4.39 Å². The maximum Gasteiger partial charge on any atom is 0.138 e. The lowest BCUT2D eigenvalue weighted by atomic mass is 10.1. The maximum absolute atomic E-state index is 14.0. The van der Waals surface area contributed by atoms with Gasteiger partial charge in [-0.1, -0.05) is 41.9 Å². The van der Waals surface area contributed by atoms with Crippen molar-refractivity contribution in [2.75, 3.05) is 13.6 Å². The summed E-state index contributed by atoms with van der Waals surface area (Å²) < 4.78 is 21.0. The molecule has 1 N–H and O–H groups in total. The summed E-state index contributed by atoms with van der Waals surface area (Å²) in [6, 6.07) is 13.1. The molecule has 2 aromatic carbocycles. The molecule has 0 radical (unpaired) electrons. The molecule has 120 valence electrons. The number of halogens is 2. The van der Waals surface area contributed by atoms with Crippen molar-refractivity contribution in [1.82, 2.24) is 5.32 Å². The van der Waals surface area contributed by atoms with Crippen LogP contribution in [-0.2, 0) is 0 Å². The second-order valence-electron chi connectivity index (χ2n) is 5.24. The third-order valence-electron chi connectivity index (χ3n) is 3.69. The predicted molar refractivity (Wildman–Crippen MR) is 95.1 cm³/mol. The van der Waals surface area contributed by atoms with E-state index in [1.54, 1.807) is 11.4 Å². The largest absolute Gasteiger partial charge is 0.484 e. The summed E-state index contributed by atoms with van der Waals surface area (Å²) in [6.07, 6.45) is 0.719. The molecule has 0 aliphatic heterocycles. The highest BCUT2D eigenvalue weighted by Gasteiger charge is 2.17. The number of hydrogen-bond acceptors (Lipinski definition) is 3. The van der Waals surface area contributed by atoms with Crippen molar-refractivity contribution in [3.05, 3.63) is 64.2 Å². The van der Waals surface area contributed by atoms with E-state index in [4.69, 9.17) is 16.3 Å². The second-order valence-corrected chi connectivity index (χ2v) is 6.53. The zero-order chi connectivity index (χ0) is 16.2. The number of ether oxygens (including phenoxy) is 1. The Kier molecular flexibility index (Phi) is 5.16. The summed E-state index contributed by atoms with van der Waals surface area (Å²) in [4.78, 5) is 0. The van der Waals surface area contributed by atoms with E-state index >= 15 is 0 Å². The average molecular weight is 350 g/mol. The van der Waals surface area contributed by atoms with Crippen LogP contribution in [0.1, 0.15) is 18.1 Å². The molecule has 23 heavy (non-hydrogen) atoms. The van der Waals surface area contributed by atoms with E-state index in [1.165, 1.54) is 17.4 Å². The van der Waals surface area contributed by atoms with Crippen molar-refractivity contribution in [2.45, 2.75) is 12.5 Å². The summed E-state index contributed by atoms with van der Waals surface area (Å²) >= 11 is 7.50. The first-order chi connectivity index (χ1) is 11.2. The molecule has 1 aromatic heterocycles. The zero-order valence-electron chi connectivity index (χ0n) is 12.7. The number of thiophene rings is 1. The Balaban J connectivity index is 1.95. The molecular weight excluding hydrogens is 333 g/mol. The van der Waals surface area contributed by atoms with E-state index in [0.29, 0.717) is 16.2 Å². The second kappa shape index (κ2) is 7.30. The Bertz CT molecular complexity index is 790. The van der Waals surface area contributed by atoms with Gasteiger partial charge in [0.05, 0.1) is 15.1 Å². The molecule has 5 heteroatoms. The van der Waals surface area contributed by atoms with Crippen LogP contribution in [0.15, 0.2) is 47.8 Å². The van der Waals surface area contributed by atoms with Gasteiger partial charge in [-0.25, -0.2) is 4.39 Å². The SMILES string of the molecule is CNCC[C@@H](Oc1ccc(F)c2c(Cl)csc12)c1ccccc1. The van der Waals surface area contributed by atoms with E-state index in [-0.39, 0.29) is 11.9 Å². The van der Waals surface area contributed by atoms with Gasteiger partial charge in [0.15, 0.2) is 0 Å². The lowest BCUT2D eigenvalue weighted by Crippen LogP contribution is -2.16. The van der Waals surface area contributed by atoms with Crippen molar-refractivity contribution in [2.24, 2.45) is 0 Å². The van der Waals surface area contributed by atoms with Gasteiger partial charge in [-0.05, 0) is 31.3 Å². The third-order valence-corrected chi connectivity index (χ3v) is 5.11. The molecule has 3 rings (SSSR count). The molecule has 0 bridgehead atoms. The zero-order valence-corrected chi connectivity index (χ0v) is 14.3. The van der Waals surface area contributed by atoms with E-state index in [1.807, 2.05) is 37.4 Å². The predicted octanol–water partition coefficient (Wildman–Crippen LogP) is 5.42. The quantitative estimate of drug-likeness (QED) is 0.641. The number of fused-ring (bicyclic) bond motifs is 1. The van der Waals surface area contributed by atoms with Crippen LogP contribution in [-0.4, -0.2) is 13.6 Å². The third kappa shape index (κ3) is 3.50. The van der Waals surface area contributed by atoms with Gasteiger partial charge in [-0.3, -0.25) is 0 Å². The first-order valence-electron chi connectivity index (χ1n) is 7.42. The fourth-order valence-electron chi connectivity index (χ4n) is 2.53. The van der Waals surface area contributed by atoms with Gasteiger partial charge in [0.2, 0.25) is 0 Å². The minimum Gasteiger partial charge on any atom is -0.484 e. The van der Waals surface area contributed by atoms with Gasteiger partial charge in [0.25, 0.3) is 0 Å². The molecule has 0 fully saturated rings. The normalized spacial score (nSPS) is 12.5. The van der Waals surface area contributed by atoms with Crippen LogP contribution >= 0.6 is 22.9 Å². The molecular formula is C18H17ClFNOS. The molecule has 0 saturated carbocycles. The van der Waals surface area contributed by atoms with Crippen LogP contribution < -0.4 is 10.1 Å². The Morgan fingerprint density at radius 3 is 2.74 bits per heavy atom. The minimum absolute atomic E-state index is 0.0989. The Morgan fingerprint density at radius 1 is 1.22 bits per heavy atom. The highest BCUT2D eigenvalue weighted by atomic mass is 35.5. The molecule has 0 unspecified atom stereocenters. The van der Waals surface area contributed by atoms with Gasteiger partial charge in [-0.15, -0.1) is 11.3 Å². The minimum atomic E-state index is -0.315. The average Bonchev–Trinajstić information content (AvgIpc) is 2.97. The number of rotatable bonds is 6. The fraction of sp³-hybridized carbons (Fsp3) is 0.222. The summed E-state index contributed by atoms with van der Waals surface area (Å²) in [5.74, 6) is 0.355. The highest BCUT2D eigenvalue weighted by Crippen LogP contribution is 2.40. The van der Waals surface area contributed by atoms with Crippen LogP contribution in [0, 0.1) is 5.82 Å². The first kappa shape index (κ1) is 16.2. The molecule has 0 aliphatic carbocycles. The monoisotopic (exact) mass is 349 g/mol. The first-order valence-corrected chi connectivity index (χ1v) is 8.68. The topological polar surface area (TPSA) is 21.3 Å². The number of benzene rings is 2. The molecule has 1 atom stereocenters. The van der Waals surface area contributed by atoms with Gasteiger partial charge < -0.3 is 10.1 Å². The van der Waals surface area contributed by atoms with E-state index in [0.717, 1.165) is 23.2 Å². The fourth-order valence-corrected chi connectivity index (χ4v) is 3.80. The van der Waals surface area contributed by atoms with Crippen LogP contribution in [0.3, 0.4) is 0 Å². The van der Waals surface area contributed by atoms with Crippen molar-refractivity contribution in [3.8, 4) is 5.75 Å². The lowest BCUT2D eigenvalue weighted by molar-refractivity contribution is 0.198. The van der Waals surface area contributed by atoms with Gasteiger partial charge >= 0.3 is 0 Å². The summed E-state index contributed by atoms with van der Waals surface area (Å²) in [5, 5.41) is 5.76. The molecule has 3 aromatic rings. The maximum atomic E-state index is 14.0. The van der Waals surface area contributed by atoms with E-state index in [2.05, 4.69) is 5.32 Å². The standard InChI is InChI=1S/C18H17ClFNOS/c1-21-10-9-15(12-5-3-2-4-6-12)22-16-8-7-14(20)17-13(19)11-23-18(16)17/h2-8,11,15,21H,9-10H2,1H3/t15-/m1/s1. The highest BCUT2D eigenvalue weighted by molar-refractivity contribution is 7.18. The Labute approximate surface area is 143 Å². The summed E-state index contributed by atoms with van der Waals surface area (Å²) in [6.45, 7) is 0.828.